The number of halogens is 1. The number of amides is 1. The van der Waals surface area contributed by atoms with E-state index in [2.05, 4.69) is 50.1 Å². The fourth-order valence-electron chi connectivity index (χ4n) is 3.81. The lowest BCUT2D eigenvalue weighted by Gasteiger charge is -2.23. The SMILES string of the molecule is CCCCN(CCCC)Cn1c(O)c(N=NC(=O)CON=C(C)c2ccccc2)c2cc(Br)ccc21. The molecule has 3 rings (SSSR count). The zero-order valence-corrected chi connectivity index (χ0v) is 22.7. The molecule has 0 unspecified atom stereocenters. The quantitative estimate of drug-likeness (QED) is 0.139. The molecular weight excluding hydrogens is 522 g/mol. The Labute approximate surface area is 220 Å². The molecule has 0 radical (unpaired) electrons. The van der Waals surface area contributed by atoms with E-state index in [0.29, 0.717) is 17.8 Å². The summed E-state index contributed by atoms with van der Waals surface area (Å²) in [6, 6.07) is 15.3. The molecular formula is C27H34BrN5O3. The number of azo groups is 1. The summed E-state index contributed by atoms with van der Waals surface area (Å²) in [6.07, 6.45) is 4.38. The molecule has 0 saturated carbocycles. The summed E-state index contributed by atoms with van der Waals surface area (Å²) in [5.74, 6) is -0.612. The second-order valence-corrected chi connectivity index (χ2v) is 9.55. The summed E-state index contributed by atoms with van der Waals surface area (Å²) in [4.78, 5) is 19.8. The molecule has 0 aliphatic rings. The zero-order chi connectivity index (χ0) is 25.9. The molecule has 8 nitrogen and oxygen atoms in total. The number of hydrogen-bond acceptors (Lipinski definition) is 6. The van der Waals surface area contributed by atoms with Gasteiger partial charge in [0.2, 0.25) is 5.88 Å². The van der Waals surface area contributed by atoms with Crippen molar-refractivity contribution in [2.75, 3.05) is 19.7 Å². The van der Waals surface area contributed by atoms with Crippen molar-refractivity contribution >= 4 is 44.1 Å². The molecule has 1 aromatic heterocycles. The largest absolute Gasteiger partial charge is 0.493 e. The van der Waals surface area contributed by atoms with Gasteiger partial charge in [-0.15, -0.1) is 10.2 Å². The first-order valence-corrected chi connectivity index (χ1v) is 13.1. The van der Waals surface area contributed by atoms with Gasteiger partial charge in [-0.25, -0.2) is 0 Å². The Kier molecular flexibility index (Phi) is 10.6. The normalized spacial score (nSPS) is 12.2. The maximum Gasteiger partial charge on any atom is 0.304 e. The molecule has 0 saturated heterocycles. The van der Waals surface area contributed by atoms with Crippen molar-refractivity contribution in [1.82, 2.24) is 9.47 Å². The Hall–Kier alpha value is -3.04. The first-order valence-electron chi connectivity index (χ1n) is 12.3. The summed E-state index contributed by atoms with van der Waals surface area (Å²) >= 11 is 3.49. The number of benzene rings is 2. The molecule has 1 heterocycles. The van der Waals surface area contributed by atoms with Crippen LogP contribution < -0.4 is 0 Å². The lowest BCUT2D eigenvalue weighted by Crippen LogP contribution is -2.28. The highest BCUT2D eigenvalue weighted by Crippen LogP contribution is 2.40. The number of aromatic nitrogens is 1. The maximum atomic E-state index is 12.3. The van der Waals surface area contributed by atoms with E-state index in [9.17, 15) is 9.90 Å². The number of fused-ring (bicyclic) bond motifs is 1. The van der Waals surface area contributed by atoms with Crippen LogP contribution in [0.15, 0.2) is 68.4 Å². The van der Waals surface area contributed by atoms with Crippen molar-refractivity contribution in [3.05, 3.63) is 58.6 Å². The standard InChI is InChI=1S/C27H34BrN5O3/c1-4-6-15-32(16-7-5-2)19-33-24-14-13-22(28)17-23(24)26(27(33)35)30-29-25(34)18-36-31-20(3)21-11-9-8-10-12-21/h8-14,17,35H,4-7,15-16,18-19H2,1-3H3. The Morgan fingerprint density at radius 1 is 1.08 bits per heavy atom. The minimum atomic E-state index is -0.595. The monoisotopic (exact) mass is 555 g/mol. The van der Waals surface area contributed by atoms with Crippen molar-refractivity contribution < 1.29 is 14.7 Å². The number of aromatic hydroxyl groups is 1. The molecule has 1 amide bonds. The molecule has 192 valence electrons. The lowest BCUT2D eigenvalue weighted by atomic mass is 10.1. The van der Waals surface area contributed by atoms with E-state index in [4.69, 9.17) is 4.84 Å². The van der Waals surface area contributed by atoms with Gasteiger partial charge in [0, 0.05) is 9.86 Å². The van der Waals surface area contributed by atoms with Gasteiger partial charge in [-0.1, -0.05) is 78.1 Å². The van der Waals surface area contributed by atoms with Gasteiger partial charge in [0.05, 0.1) is 17.9 Å². The Balaban J connectivity index is 1.78. The van der Waals surface area contributed by atoms with Crippen LogP contribution >= 0.6 is 15.9 Å². The van der Waals surface area contributed by atoms with Gasteiger partial charge in [0.25, 0.3) is 0 Å². The van der Waals surface area contributed by atoms with Gasteiger partial charge >= 0.3 is 5.91 Å². The molecule has 0 aliphatic carbocycles. The van der Waals surface area contributed by atoms with E-state index in [1.807, 2.05) is 53.1 Å². The fourth-order valence-corrected chi connectivity index (χ4v) is 4.17. The minimum absolute atomic E-state index is 0.0171. The van der Waals surface area contributed by atoms with Gasteiger partial charge < -0.3 is 9.94 Å². The summed E-state index contributed by atoms with van der Waals surface area (Å²) in [7, 11) is 0. The number of carbonyl (C=O) groups is 1. The highest BCUT2D eigenvalue weighted by Gasteiger charge is 2.19. The molecule has 0 atom stereocenters. The predicted molar refractivity (Wildman–Crippen MR) is 147 cm³/mol. The van der Waals surface area contributed by atoms with Gasteiger partial charge in [-0.3, -0.25) is 14.3 Å². The van der Waals surface area contributed by atoms with Gasteiger partial charge in [0.1, 0.15) is 0 Å². The molecule has 0 aliphatic heterocycles. The van der Waals surface area contributed by atoms with E-state index in [1.165, 1.54) is 0 Å². The summed E-state index contributed by atoms with van der Waals surface area (Å²) in [6.45, 7) is 8.22. The third-order valence-electron chi connectivity index (χ3n) is 5.81. The summed E-state index contributed by atoms with van der Waals surface area (Å²) in [5, 5.41) is 23.7. The second kappa shape index (κ2) is 13.9. The van der Waals surface area contributed by atoms with Crippen LogP contribution in [0.2, 0.25) is 0 Å². The van der Waals surface area contributed by atoms with Crippen LogP contribution in [0.3, 0.4) is 0 Å². The van der Waals surface area contributed by atoms with E-state index in [-0.39, 0.29) is 18.2 Å². The molecule has 9 heteroatoms. The summed E-state index contributed by atoms with van der Waals surface area (Å²) in [5.41, 5.74) is 2.65. The van der Waals surface area contributed by atoms with Crippen LogP contribution in [0.4, 0.5) is 5.69 Å². The van der Waals surface area contributed by atoms with Crippen LogP contribution in [0, 0.1) is 0 Å². The first-order chi connectivity index (χ1) is 17.4. The number of hydrogen-bond donors (Lipinski definition) is 1. The Morgan fingerprint density at radius 2 is 1.78 bits per heavy atom. The van der Waals surface area contributed by atoms with Crippen molar-refractivity contribution in [3.8, 4) is 5.88 Å². The lowest BCUT2D eigenvalue weighted by molar-refractivity contribution is -0.122. The number of oxime groups is 1. The minimum Gasteiger partial charge on any atom is -0.493 e. The van der Waals surface area contributed by atoms with Gasteiger partial charge in [-0.2, -0.15) is 0 Å². The van der Waals surface area contributed by atoms with Crippen LogP contribution in [0.1, 0.15) is 52.0 Å². The molecule has 3 aromatic rings. The van der Waals surface area contributed by atoms with Gasteiger partial charge in [-0.05, 0) is 56.6 Å². The number of unbranched alkanes of at least 4 members (excludes halogenated alkanes) is 2. The average molecular weight is 557 g/mol. The molecule has 0 bridgehead atoms. The predicted octanol–water partition coefficient (Wildman–Crippen LogP) is 7.02. The first kappa shape index (κ1) is 27.5. The van der Waals surface area contributed by atoms with Crippen molar-refractivity contribution in [3.63, 3.8) is 0 Å². The van der Waals surface area contributed by atoms with Crippen molar-refractivity contribution in [1.29, 1.82) is 0 Å². The van der Waals surface area contributed by atoms with Gasteiger partial charge in [0.15, 0.2) is 12.3 Å². The fraction of sp³-hybridized carbons (Fsp3) is 0.407. The molecule has 36 heavy (non-hydrogen) atoms. The zero-order valence-electron chi connectivity index (χ0n) is 21.2. The highest BCUT2D eigenvalue weighted by molar-refractivity contribution is 9.10. The second-order valence-electron chi connectivity index (χ2n) is 8.64. The van der Waals surface area contributed by atoms with Crippen molar-refractivity contribution in [2.45, 2.75) is 53.1 Å². The summed E-state index contributed by atoms with van der Waals surface area (Å²) < 4.78 is 2.67. The van der Waals surface area contributed by atoms with Crippen LogP contribution in [-0.2, 0) is 16.3 Å². The third-order valence-corrected chi connectivity index (χ3v) is 6.31. The average Bonchev–Trinajstić information content (AvgIpc) is 3.14. The van der Waals surface area contributed by atoms with Crippen LogP contribution in [0.25, 0.3) is 10.9 Å². The van der Waals surface area contributed by atoms with Crippen LogP contribution in [0.5, 0.6) is 5.88 Å². The third kappa shape index (κ3) is 7.48. The van der Waals surface area contributed by atoms with E-state index in [1.54, 1.807) is 6.92 Å². The number of rotatable bonds is 13. The molecule has 0 fully saturated rings. The molecule has 2 aromatic carbocycles. The van der Waals surface area contributed by atoms with E-state index >= 15 is 0 Å². The molecule has 0 spiro atoms. The number of nitrogens with zero attached hydrogens (tertiary/aromatic N) is 5. The Morgan fingerprint density at radius 3 is 2.44 bits per heavy atom. The smallest absolute Gasteiger partial charge is 0.304 e. The topological polar surface area (TPSA) is 91.8 Å². The van der Waals surface area contributed by atoms with Crippen LogP contribution in [-0.4, -0.2) is 45.9 Å². The molecule has 1 N–H and O–H groups in total. The number of carbonyl (C=O) groups excluding carboxylic acids is 1. The van der Waals surface area contributed by atoms with Crippen molar-refractivity contribution in [2.24, 2.45) is 15.4 Å². The highest BCUT2D eigenvalue weighted by atomic mass is 79.9. The van der Waals surface area contributed by atoms with E-state index in [0.717, 1.165) is 54.3 Å². The maximum absolute atomic E-state index is 12.3. The van der Waals surface area contributed by atoms with E-state index < -0.39 is 5.91 Å². The Bertz CT molecular complexity index is 1200.